The Kier molecular flexibility index (Phi) is 2.63. The zero-order valence-corrected chi connectivity index (χ0v) is 8.69. The Hall–Kier alpha value is -1.90. The number of ether oxygens (including phenoxy) is 1. The first-order valence-corrected chi connectivity index (χ1v) is 4.64. The topological polar surface area (TPSA) is 35.0 Å². The van der Waals surface area contributed by atoms with Crippen LogP contribution in [0.3, 0.4) is 0 Å². The van der Waals surface area contributed by atoms with E-state index in [9.17, 15) is 0 Å². The molecular weight excluding hydrogens is 188 g/mol. The summed E-state index contributed by atoms with van der Waals surface area (Å²) >= 11 is 0. The van der Waals surface area contributed by atoms with Gasteiger partial charge in [0.25, 0.3) is 0 Å². The lowest BCUT2D eigenvalue weighted by molar-refractivity contribution is 0.413. The van der Waals surface area contributed by atoms with Gasteiger partial charge in [-0.15, -0.1) is 0 Å². The third-order valence-corrected chi connectivity index (χ3v) is 2.09. The van der Waals surface area contributed by atoms with E-state index in [1.807, 2.05) is 31.3 Å². The van der Waals surface area contributed by atoms with Crippen LogP contribution in [0.25, 0.3) is 11.3 Å². The first kappa shape index (κ1) is 9.65. The van der Waals surface area contributed by atoms with Crippen molar-refractivity contribution in [2.75, 3.05) is 7.11 Å². The van der Waals surface area contributed by atoms with Crippen molar-refractivity contribution in [1.82, 2.24) is 9.97 Å². The van der Waals surface area contributed by atoms with Crippen LogP contribution in [-0.4, -0.2) is 17.1 Å². The Bertz CT molecular complexity index is 451. The first-order valence-electron chi connectivity index (χ1n) is 4.64. The zero-order chi connectivity index (χ0) is 10.7. The van der Waals surface area contributed by atoms with E-state index >= 15 is 0 Å². The predicted octanol–water partition coefficient (Wildman–Crippen LogP) is 2.26. The lowest BCUT2D eigenvalue weighted by Gasteiger charge is -2.02. The van der Waals surface area contributed by atoms with Crippen LogP contribution in [0.1, 0.15) is 5.56 Å². The van der Waals surface area contributed by atoms with Crippen LogP contribution in [0.4, 0.5) is 0 Å². The summed E-state index contributed by atoms with van der Waals surface area (Å²) in [7, 11) is 1.61. The molecule has 0 fully saturated rings. The Balaban J connectivity index is 2.40. The van der Waals surface area contributed by atoms with Crippen LogP contribution < -0.4 is 4.74 Å². The number of hydrogen-bond acceptors (Lipinski definition) is 3. The van der Waals surface area contributed by atoms with Gasteiger partial charge in [-0.05, 0) is 24.6 Å². The maximum atomic E-state index is 5.09. The van der Waals surface area contributed by atoms with Gasteiger partial charge in [0.1, 0.15) is 5.75 Å². The van der Waals surface area contributed by atoms with Gasteiger partial charge in [-0.1, -0.05) is 6.07 Å². The molecule has 0 aliphatic heterocycles. The molecule has 0 aromatic carbocycles. The summed E-state index contributed by atoms with van der Waals surface area (Å²) in [6, 6.07) is 5.82. The van der Waals surface area contributed by atoms with Crippen molar-refractivity contribution < 1.29 is 4.74 Å². The quantitative estimate of drug-likeness (QED) is 0.744. The molecule has 0 saturated heterocycles. The molecule has 2 aromatic rings. The second kappa shape index (κ2) is 4.09. The summed E-state index contributed by atoms with van der Waals surface area (Å²) < 4.78 is 5.09. The van der Waals surface area contributed by atoms with E-state index in [1.165, 1.54) is 0 Å². The summed E-state index contributed by atoms with van der Waals surface area (Å²) in [6.07, 6.45) is 6.33. The van der Waals surface area contributed by atoms with Gasteiger partial charge in [0.15, 0.2) is 0 Å². The fourth-order valence-corrected chi connectivity index (χ4v) is 1.25. The maximum Gasteiger partial charge on any atom is 0.137 e. The van der Waals surface area contributed by atoms with E-state index in [0.717, 1.165) is 16.8 Å². The third kappa shape index (κ3) is 2.13. The van der Waals surface area contributed by atoms with Crippen molar-refractivity contribution >= 4 is 0 Å². The molecule has 75 valence electrons. The van der Waals surface area contributed by atoms with Crippen molar-refractivity contribution in [3.8, 4) is 17.0 Å². The summed E-state index contributed by atoms with van der Waals surface area (Å²) in [5.74, 6) is 0.714. The van der Waals surface area contributed by atoms with Crippen molar-refractivity contribution in [2.45, 2.75) is 6.92 Å². The Morgan fingerprint density at radius 2 is 2.13 bits per heavy atom. The van der Waals surface area contributed by atoms with E-state index < -0.39 is 0 Å². The molecule has 15 heavy (non-hydrogen) atoms. The molecule has 0 unspecified atom stereocenters. The lowest BCUT2D eigenvalue weighted by atomic mass is 10.1. The number of rotatable bonds is 2. The smallest absolute Gasteiger partial charge is 0.137 e. The monoisotopic (exact) mass is 199 g/mol. The molecular formula is C12H11N2O. The molecule has 0 bridgehead atoms. The number of nitrogens with zero attached hydrogens (tertiary/aromatic N) is 2. The Morgan fingerprint density at radius 1 is 1.27 bits per heavy atom. The summed E-state index contributed by atoms with van der Waals surface area (Å²) in [6.45, 7) is 2.00. The molecule has 2 heterocycles. The molecule has 3 nitrogen and oxygen atoms in total. The molecule has 0 N–H and O–H groups in total. The van der Waals surface area contributed by atoms with Gasteiger partial charge < -0.3 is 4.74 Å². The third-order valence-electron chi connectivity index (χ3n) is 2.09. The molecule has 0 saturated carbocycles. The van der Waals surface area contributed by atoms with Crippen LogP contribution in [0.5, 0.6) is 5.75 Å². The SMILES string of the molecule is COc1cn[c]c(-c2ccc(C)cn2)c1. The first-order chi connectivity index (χ1) is 7.29. The number of pyridine rings is 2. The highest BCUT2D eigenvalue weighted by Crippen LogP contribution is 2.19. The number of methoxy groups -OCH3 is 1. The molecule has 0 amide bonds. The average Bonchev–Trinajstić information content (AvgIpc) is 2.30. The Morgan fingerprint density at radius 3 is 2.80 bits per heavy atom. The highest BCUT2D eigenvalue weighted by Gasteiger charge is 2.01. The van der Waals surface area contributed by atoms with Crippen LogP contribution in [0, 0.1) is 13.1 Å². The largest absolute Gasteiger partial charge is 0.495 e. The normalized spacial score (nSPS) is 10.0. The van der Waals surface area contributed by atoms with Crippen molar-refractivity contribution in [3.63, 3.8) is 0 Å². The predicted molar refractivity (Wildman–Crippen MR) is 57.6 cm³/mol. The van der Waals surface area contributed by atoms with Gasteiger partial charge in [0.05, 0.1) is 25.2 Å². The van der Waals surface area contributed by atoms with Gasteiger partial charge in [-0.25, -0.2) is 0 Å². The summed E-state index contributed by atoms with van der Waals surface area (Å²) in [5.41, 5.74) is 2.83. The van der Waals surface area contributed by atoms with Gasteiger partial charge in [0.2, 0.25) is 0 Å². The van der Waals surface area contributed by atoms with E-state index in [0.29, 0.717) is 5.75 Å². The van der Waals surface area contributed by atoms with Crippen LogP contribution >= 0.6 is 0 Å². The minimum atomic E-state index is 0.714. The van der Waals surface area contributed by atoms with Crippen molar-refractivity contribution in [1.29, 1.82) is 0 Å². The molecule has 1 radical (unpaired) electrons. The van der Waals surface area contributed by atoms with Gasteiger partial charge in [-0.2, -0.15) is 0 Å². The second-order valence-electron chi connectivity index (χ2n) is 3.26. The highest BCUT2D eigenvalue weighted by atomic mass is 16.5. The van der Waals surface area contributed by atoms with Crippen LogP contribution in [0.15, 0.2) is 30.6 Å². The van der Waals surface area contributed by atoms with E-state index in [-0.39, 0.29) is 0 Å². The lowest BCUT2D eigenvalue weighted by Crippen LogP contribution is -1.88. The number of aromatic nitrogens is 2. The fourth-order valence-electron chi connectivity index (χ4n) is 1.25. The second-order valence-corrected chi connectivity index (χ2v) is 3.26. The minimum Gasteiger partial charge on any atom is -0.495 e. The minimum absolute atomic E-state index is 0.714. The molecule has 0 spiro atoms. The van der Waals surface area contributed by atoms with Crippen LogP contribution in [-0.2, 0) is 0 Å². The summed E-state index contributed by atoms with van der Waals surface area (Å²) in [4.78, 5) is 8.26. The average molecular weight is 199 g/mol. The summed E-state index contributed by atoms with van der Waals surface area (Å²) in [5, 5.41) is 0. The maximum absolute atomic E-state index is 5.09. The van der Waals surface area contributed by atoms with E-state index in [2.05, 4.69) is 16.2 Å². The van der Waals surface area contributed by atoms with E-state index in [1.54, 1.807) is 13.3 Å². The van der Waals surface area contributed by atoms with Crippen LogP contribution in [0.2, 0.25) is 0 Å². The standard InChI is InChI=1S/C12H11N2O/c1-9-3-4-12(14-6-9)10-5-11(15-2)8-13-7-10/h3-6,8H,1-2H3. The number of aryl methyl sites for hydroxylation is 1. The molecule has 0 aliphatic carbocycles. The van der Waals surface area contributed by atoms with E-state index in [4.69, 9.17) is 4.74 Å². The molecule has 2 aromatic heterocycles. The van der Waals surface area contributed by atoms with Gasteiger partial charge in [0, 0.05) is 11.8 Å². The molecule has 0 atom stereocenters. The number of hydrogen-bond donors (Lipinski definition) is 0. The molecule has 0 aliphatic rings. The van der Waals surface area contributed by atoms with Gasteiger partial charge in [-0.3, -0.25) is 9.97 Å². The van der Waals surface area contributed by atoms with Gasteiger partial charge >= 0.3 is 0 Å². The highest BCUT2D eigenvalue weighted by molar-refractivity contribution is 5.58. The molecule has 3 heteroatoms. The Labute approximate surface area is 88.8 Å². The zero-order valence-electron chi connectivity index (χ0n) is 8.69. The van der Waals surface area contributed by atoms with Crippen molar-refractivity contribution in [2.24, 2.45) is 0 Å². The fraction of sp³-hybridized carbons (Fsp3) is 0.167. The van der Waals surface area contributed by atoms with Crippen molar-refractivity contribution in [3.05, 3.63) is 42.4 Å². The molecule has 2 rings (SSSR count).